The summed E-state index contributed by atoms with van der Waals surface area (Å²) in [7, 11) is 0. The van der Waals surface area contributed by atoms with Crippen molar-refractivity contribution in [2.24, 2.45) is 0 Å². The molecule has 2 aliphatic rings. The molecule has 1 saturated heterocycles. The first-order valence-corrected chi connectivity index (χ1v) is 9.85. The molecule has 3 rings (SSSR count). The molecule has 0 radical (unpaired) electrons. The fourth-order valence-corrected chi connectivity index (χ4v) is 5.50. The summed E-state index contributed by atoms with van der Waals surface area (Å²) in [5.74, 6) is 1.01. The number of carbonyl (C=O) groups is 2. The first-order chi connectivity index (χ1) is 11.2. The van der Waals surface area contributed by atoms with E-state index in [1.54, 1.807) is 23.6 Å². The standard InChI is InChI=1S/C16H19N3O2S2/c1-2-14(20)19-9-22-8-12(19)15(21)18-16-11(7-17)10-5-3-4-6-13(10)23-16/h12H,2-6,8-9H2,1H3,(H,18,21)/t12-/m0/s1. The van der Waals surface area contributed by atoms with Crippen LogP contribution in [-0.4, -0.2) is 34.4 Å². The molecule has 1 aliphatic carbocycles. The summed E-state index contributed by atoms with van der Waals surface area (Å²) in [6.07, 6.45) is 4.56. The van der Waals surface area contributed by atoms with Crippen molar-refractivity contribution in [2.45, 2.75) is 45.1 Å². The minimum Gasteiger partial charge on any atom is -0.321 e. The second-order valence-electron chi connectivity index (χ2n) is 5.75. The number of nitrogens with one attached hydrogen (secondary N) is 1. The van der Waals surface area contributed by atoms with Crippen LogP contribution in [0.2, 0.25) is 0 Å². The zero-order valence-corrected chi connectivity index (χ0v) is 14.7. The summed E-state index contributed by atoms with van der Waals surface area (Å²) in [5.41, 5.74) is 1.73. The first kappa shape index (κ1) is 16.3. The lowest BCUT2D eigenvalue weighted by Gasteiger charge is -2.22. The Bertz CT molecular complexity index is 678. The molecule has 0 bridgehead atoms. The average molecular weight is 349 g/mol. The van der Waals surface area contributed by atoms with E-state index in [4.69, 9.17) is 0 Å². The fraction of sp³-hybridized carbons (Fsp3) is 0.562. The van der Waals surface area contributed by atoms with Crippen molar-refractivity contribution >= 4 is 39.9 Å². The number of amides is 2. The summed E-state index contributed by atoms with van der Waals surface area (Å²) in [6.45, 7) is 1.81. The van der Waals surface area contributed by atoms with E-state index in [0.29, 0.717) is 28.6 Å². The summed E-state index contributed by atoms with van der Waals surface area (Å²) < 4.78 is 0. The SMILES string of the molecule is CCC(=O)N1CSC[C@H]1C(=O)Nc1sc2c(c1C#N)CCCC2. The van der Waals surface area contributed by atoms with Gasteiger partial charge in [-0.05, 0) is 31.2 Å². The van der Waals surface area contributed by atoms with Crippen LogP contribution >= 0.6 is 23.1 Å². The molecule has 5 nitrogen and oxygen atoms in total. The van der Waals surface area contributed by atoms with Crippen LogP contribution in [0.3, 0.4) is 0 Å². The second-order valence-corrected chi connectivity index (χ2v) is 7.85. The van der Waals surface area contributed by atoms with Crippen LogP contribution in [0.25, 0.3) is 0 Å². The maximum Gasteiger partial charge on any atom is 0.248 e. The van der Waals surface area contributed by atoms with E-state index < -0.39 is 6.04 Å². The molecule has 1 N–H and O–H groups in total. The molecule has 2 amide bonds. The zero-order valence-electron chi connectivity index (χ0n) is 13.1. The van der Waals surface area contributed by atoms with Gasteiger partial charge in [0.15, 0.2) is 0 Å². The second kappa shape index (κ2) is 6.93. The van der Waals surface area contributed by atoms with E-state index in [1.807, 2.05) is 0 Å². The minimum atomic E-state index is -0.432. The number of thioether (sulfide) groups is 1. The van der Waals surface area contributed by atoms with Gasteiger partial charge >= 0.3 is 0 Å². The van der Waals surface area contributed by atoms with Crippen molar-refractivity contribution in [1.82, 2.24) is 4.90 Å². The molecule has 122 valence electrons. The summed E-state index contributed by atoms with van der Waals surface area (Å²) in [4.78, 5) is 27.4. The Labute approximate surface area is 144 Å². The van der Waals surface area contributed by atoms with Crippen LogP contribution in [0, 0.1) is 11.3 Å². The highest BCUT2D eigenvalue weighted by atomic mass is 32.2. The number of hydrogen-bond donors (Lipinski definition) is 1. The van der Waals surface area contributed by atoms with Crippen molar-refractivity contribution in [2.75, 3.05) is 16.9 Å². The van der Waals surface area contributed by atoms with E-state index in [0.717, 1.165) is 31.2 Å². The van der Waals surface area contributed by atoms with Gasteiger partial charge in [0, 0.05) is 17.1 Å². The van der Waals surface area contributed by atoms with Crippen molar-refractivity contribution < 1.29 is 9.59 Å². The third kappa shape index (κ3) is 3.10. The molecule has 1 aromatic rings. The van der Waals surface area contributed by atoms with Gasteiger partial charge in [-0.1, -0.05) is 6.92 Å². The molecule has 7 heteroatoms. The molecule has 0 spiro atoms. The number of fused-ring (bicyclic) bond motifs is 1. The van der Waals surface area contributed by atoms with Crippen LogP contribution in [0.5, 0.6) is 0 Å². The van der Waals surface area contributed by atoms with Gasteiger partial charge in [0.25, 0.3) is 0 Å². The Morgan fingerprint density at radius 1 is 1.39 bits per heavy atom. The number of rotatable bonds is 3. The van der Waals surface area contributed by atoms with E-state index in [9.17, 15) is 14.9 Å². The lowest BCUT2D eigenvalue weighted by atomic mass is 9.96. The molecule has 1 atom stereocenters. The highest BCUT2D eigenvalue weighted by Gasteiger charge is 2.34. The van der Waals surface area contributed by atoms with Gasteiger partial charge in [-0.25, -0.2) is 0 Å². The predicted octanol–water partition coefficient (Wildman–Crippen LogP) is 2.75. The number of carbonyl (C=O) groups excluding carboxylic acids is 2. The molecule has 1 aliphatic heterocycles. The lowest BCUT2D eigenvalue weighted by Crippen LogP contribution is -2.44. The van der Waals surface area contributed by atoms with E-state index in [2.05, 4.69) is 11.4 Å². The molecule has 1 aromatic heterocycles. The molecule has 0 aromatic carbocycles. The summed E-state index contributed by atoms with van der Waals surface area (Å²) >= 11 is 3.12. The number of aryl methyl sites for hydroxylation is 1. The quantitative estimate of drug-likeness (QED) is 0.911. The molecule has 0 unspecified atom stereocenters. The molecule has 0 saturated carbocycles. The van der Waals surface area contributed by atoms with Crippen molar-refractivity contribution in [3.05, 3.63) is 16.0 Å². The van der Waals surface area contributed by atoms with Crippen molar-refractivity contribution in [3.63, 3.8) is 0 Å². The Hall–Kier alpha value is -1.52. The smallest absolute Gasteiger partial charge is 0.248 e. The highest BCUT2D eigenvalue weighted by Crippen LogP contribution is 2.38. The van der Waals surface area contributed by atoms with Gasteiger partial charge in [0.2, 0.25) is 11.8 Å². The third-order valence-electron chi connectivity index (χ3n) is 4.33. The maximum absolute atomic E-state index is 12.6. The van der Waals surface area contributed by atoms with Gasteiger partial charge in [-0.3, -0.25) is 9.59 Å². The topological polar surface area (TPSA) is 73.2 Å². The van der Waals surface area contributed by atoms with Gasteiger partial charge in [0.05, 0.1) is 11.4 Å². The fourth-order valence-electron chi connectivity index (χ4n) is 3.08. The predicted molar refractivity (Wildman–Crippen MR) is 92.6 cm³/mol. The average Bonchev–Trinajstić information content (AvgIpc) is 3.18. The van der Waals surface area contributed by atoms with Crippen molar-refractivity contribution in [3.8, 4) is 6.07 Å². The Morgan fingerprint density at radius 2 is 2.17 bits per heavy atom. The van der Waals surface area contributed by atoms with Gasteiger partial charge < -0.3 is 10.2 Å². The van der Waals surface area contributed by atoms with Crippen LogP contribution in [-0.2, 0) is 22.4 Å². The Balaban J connectivity index is 1.79. The van der Waals surface area contributed by atoms with Crippen LogP contribution < -0.4 is 5.32 Å². The Kier molecular flexibility index (Phi) is 4.93. The molecule has 2 heterocycles. The maximum atomic E-state index is 12.6. The number of nitriles is 1. The molecule has 1 fully saturated rings. The van der Waals surface area contributed by atoms with Crippen LogP contribution in [0.4, 0.5) is 5.00 Å². The number of anilines is 1. The zero-order chi connectivity index (χ0) is 16.4. The number of hydrogen-bond acceptors (Lipinski definition) is 5. The molecule has 23 heavy (non-hydrogen) atoms. The normalized spacial score (nSPS) is 20.0. The summed E-state index contributed by atoms with van der Waals surface area (Å²) in [5, 5.41) is 13.0. The lowest BCUT2D eigenvalue weighted by molar-refractivity contribution is -0.135. The van der Waals surface area contributed by atoms with Crippen LogP contribution in [0.15, 0.2) is 0 Å². The van der Waals surface area contributed by atoms with Crippen LogP contribution in [0.1, 0.15) is 42.2 Å². The van der Waals surface area contributed by atoms with Crippen molar-refractivity contribution in [1.29, 1.82) is 5.26 Å². The highest BCUT2D eigenvalue weighted by molar-refractivity contribution is 7.99. The minimum absolute atomic E-state index is 0.00105. The van der Waals surface area contributed by atoms with Gasteiger partial charge in [-0.2, -0.15) is 5.26 Å². The van der Waals surface area contributed by atoms with E-state index in [-0.39, 0.29) is 11.8 Å². The molecular weight excluding hydrogens is 330 g/mol. The largest absolute Gasteiger partial charge is 0.321 e. The monoisotopic (exact) mass is 349 g/mol. The van der Waals surface area contributed by atoms with E-state index >= 15 is 0 Å². The van der Waals surface area contributed by atoms with Gasteiger partial charge in [0.1, 0.15) is 17.1 Å². The van der Waals surface area contributed by atoms with E-state index in [1.165, 1.54) is 16.2 Å². The summed E-state index contributed by atoms with van der Waals surface area (Å²) in [6, 6.07) is 1.82. The Morgan fingerprint density at radius 3 is 2.91 bits per heavy atom. The molecular formula is C16H19N3O2S2. The number of thiophene rings is 1. The third-order valence-corrected chi connectivity index (χ3v) is 6.55. The number of nitrogens with zero attached hydrogens (tertiary/aromatic N) is 2. The van der Waals surface area contributed by atoms with Gasteiger partial charge in [-0.15, -0.1) is 23.1 Å². The first-order valence-electron chi connectivity index (χ1n) is 7.88.